The average molecular weight is 277 g/mol. The molecule has 0 saturated heterocycles. The lowest BCUT2D eigenvalue weighted by Gasteiger charge is -2.06. The molecule has 2 aromatic rings. The van der Waals surface area contributed by atoms with Gasteiger partial charge in [-0.1, -0.05) is 6.07 Å². The van der Waals surface area contributed by atoms with Crippen molar-refractivity contribution < 1.29 is 14.3 Å². The Bertz CT molecular complexity index is 583. The van der Waals surface area contributed by atoms with E-state index in [-0.39, 0.29) is 0 Å². The summed E-state index contributed by atoms with van der Waals surface area (Å²) in [4.78, 5) is 27.5. The van der Waals surface area contributed by atoms with Crippen molar-refractivity contribution in [1.82, 2.24) is 4.98 Å². The van der Waals surface area contributed by atoms with Crippen LogP contribution in [0.2, 0.25) is 0 Å². The summed E-state index contributed by atoms with van der Waals surface area (Å²) >= 11 is 1.20. The highest BCUT2D eigenvalue weighted by Crippen LogP contribution is 2.23. The van der Waals surface area contributed by atoms with Crippen LogP contribution in [0, 0.1) is 0 Å². The first-order valence-corrected chi connectivity index (χ1v) is 6.23. The van der Waals surface area contributed by atoms with Crippen molar-refractivity contribution in [2.24, 2.45) is 0 Å². The van der Waals surface area contributed by atoms with E-state index in [0.717, 1.165) is 0 Å². The van der Waals surface area contributed by atoms with Gasteiger partial charge in [0.15, 0.2) is 0 Å². The van der Waals surface area contributed by atoms with Gasteiger partial charge in [0.25, 0.3) is 0 Å². The first-order chi connectivity index (χ1) is 9.20. The van der Waals surface area contributed by atoms with Gasteiger partial charge in [0.2, 0.25) is 0 Å². The third-order valence-corrected chi connectivity index (χ3v) is 3.09. The molecule has 0 atom stereocenters. The van der Waals surface area contributed by atoms with Crippen LogP contribution in [0.25, 0.3) is 0 Å². The summed E-state index contributed by atoms with van der Waals surface area (Å²) in [5.41, 5.74) is 0.408. The minimum Gasteiger partial charge on any atom is -0.465 e. The average Bonchev–Trinajstić information content (AvgIpc) is 2.87. The molecule has 0 spiro atoms. The Labute approximate surface area is 113 Å². The molecular formula is C12H11N3O3S. The highest BCUT2D eigenvalue weighted by molar-refractivity contribution is 7.12. The van der Waals surface area contributed by atoms with Gasteiger partial charge < -0.3 is 10.1 Å². The summed E-state index contributed by atoms with van der Waals surface area (Å²) in [6.07, 6.45) is 1.57. The number of esters is 1. The Kier molecular flexibility index (Phi) is 4.09. The van der Waals surface area contributed by atoms with E-state index in [1.165, 1.54) is 18.4 Å². The van der Waals surface area contributed by atoms with Gasteiger partial charge in [0.1, 0.15) is 10.7 Å². The number of nitrogens with zero attached hydrogens (tertiary/aromatic N) is 1. The molecule has 2 rings (SSSR count). The van der Waals surface area contributed by atoms with Crippen molar-refractivity contribution in [3.63, 3.8) is 0 Å². The Morgan fingerprint density at radius 1 is 1.26 bits per heavy atom. The number of pyridine rings is 1. The maximum absolute atomic E-state index is 11.7. The lowest BCUT2D eigenvalue weighted by atomic mass is 10.4. The minimum atomic E-state index is -0.483. The molecule has 0 aliphatic carbocycles. The van der Waals surface area contributed by atoms with Crippen molar-refractivity contribution in [3.05, 3.63) is 40.7 Å². The monoisotopic (exact) mass is 277 g/mol. The molecule has 0 saturated carbocycles. The quantitative estimate of drug-likeness (QED) is 0.845. The number of carbonyl (C=O) groups is 2. The number of urea groups is 1. The zero-order chi connectivity index (χ0) is 13.7. The van der Waals surface area contributed by atoms with Crippen LogP contribution in [0.3, 0.4) is 0 Å². The second-order valence-corrected chi connectivity index (χ2v) is 4.37. The standard InChI is InChI=1S/C12H11N3O3S/c1-18-11(16)10-8(5-7-19-10)14-12(17)15-9-4-2-3-6-13-9/h2-7H,1H3,(H2,13,14,15,17). The summed E-state index contributed by atoms with van der Waals surface area (Å²) in [6, 6.07) is 6.33. The van der Waals surface area contributed by atoms with Gasteiger partial charge in [-0.2, -0.15) is 0 Å². The molecule has 2 amide bonds. The van der Waals surface area contributed by atoms with Gasteiger partial charge in [-0.05, 0) is 23.6 Å². The molecule has 6 nitrogen and oxygen atoms in total. The maximum Gasteiger partial charge on any atom is 0.350 e. The highest BCUT2D eigenvalue weighted by Gasteiger charge is 2.15. The zero-order valence-corrected chi connectivity index (χ0v) is 10.9. The molecule has 0 unspecified atom stereocenters. The Balaban J connectivity index is 2.04. The lowest BCUT2D eigenvalue weighted by molar-refractivity contribution is 0.0607. The number of ether oxygens (including phenoxy) is 1. The van der Waals surface area contributed by atoms with E-state index in [4.69, 9.17) is 0 Å². The number of hydrogen-bond donors (Lipinski definition) is 2. The van der Waals surface area contributed by atoms with Gasteiger partial charge >= 0.3 is 12.0 Å². The van der Waals surface area contributed by atoms with Crippen LogP contribution in [0.5, 0.6) is 0 Å². The predicted molar refractivity (Wildman–Crippen MR) is 72.5 cm³/mol. The molecule has 2 aromatic heterocycles. The zero-order valence-electron chi connectivity index (χ0n) is 10.0. The third kappa shape index (κ3) is 3.29. The molecular weight excluding hydrogens is 266 g/mol. The van der Waals surface area contributed by atoms with Crippen molar-refractivity contribution in [1.29, 1.82) is 0 Å². The molecule has 0 aromatic carbocycles. The lowest BCUT2D eigenvalue weighted by Crippen LogP contribution is -2.20. The number of thiophene rings is 1. The van der Waals surface area contributed by atoms with E-state index in [1.807, 2.05) is 0 Å². The van der Waals surface area contributed by atoms with Gasteiger partial charge in [-0.15, -0.1) is 11.3 Å². The SMILES string of the molecule is COC(=O)c1sccc1NC(=O)Nc1ccccn1. The normalized spacial score (nSPS) is 9.74. The topological polar surface area (TPSA) is 80.3 Å². The molecule has 2 N–H and O–H groups in total. The first-order valence-electron chi connectivity index (χ1n) is 5.35. The van der Waals surface area contributed by atoms with Gasteiger partial charge in [-0.3, -0.25) is 5.32 Å². The number of aromatic nitrogens is 1. The number of amides is 2. The van der Waals surface area contributed by atoms with E-state index in [1.54, 1.807) is 35.8 Å². The van der Waals surface area contributed by atoms with E-state index in [9.17, 15) is 9.59 Å². The fourth-order valence-electron chi connectivity index (χ4n) is 1.37. The van der Waals surface area contributed by atoms with Crippen LogP contribution >= 0.6 is 11.3 Å². The fourth-order valence-corrected chi connectivity index (χ4v) is 2.13. The number of nitrogens with one attached hydrogen (secondary N) is 2. The Morgan fingerprint density at radius 3 is 2.79 bits per heavy atom. The summed E-state index contributed by atoms with van der Waals surface area (Å²) in [5, 5.41) is 6.83. The minimum absolute atomic E-state index is 0.346. The molecule has 0 radical (unpaired) electrons. The van der Waals surface area contributed by atoms with Crippen LogP contribution in [-0.4, -0.2) is 24.1 Å². The molecule has 2 heterocycles. The van der Waals surface area contributed by atoms with Crippen LogP contribution in [0.4, 0.5) is 16.3 Å². The first kappa shape index (κ1) is 13.0. The molecule has 7 heteroatoms. The summed E-state index contributed by atoms with van der Waals surface area (Å²) in [5.74, 6) is -0.0574. The van der Waals surface area contributed by atoms with Gasteiger partial charge in [0, 0.05) is 6.20 Å². The molecule has 98 valence electrons. The van der Waals surface area contributed by atoms with Crippen molar-refractivity contribution in [3.8, 4) is 0 Å². The smallest absolute Gasteiger partial charge is 0.350 e. The van der Waals surface area contributed by atoms with Crippen molar-refractivity contribution in [2.45, 2.75) is 0 Å². The Hall–Kier alpha value is -2.41. The van der Waals surface area contributed by atoms with Gasteiger partial charge in [-0.25, -0.2) is 14.6 Å². The summed E-state index contributed by atoms with van der Waals surface area (Å²) in [6.45, 7) is 0. The summed E-state index contributed by atoms with van der Waals surface area (Å²) < 4.78 is 4.62. The molecule has 0 aliphatic rings. The highest BCUT2D eigenvalue weighted by atomic mass is 32.1. The number of hydrogen-bond acceptors (Lipinski definition) is 5. The molecule has 0 fully saturated rings. The molecule has 19 heavy (non-hydrogen) atoms. The molecule has 0 aliphatic heterocycles. The van der Waals surface area contributed by atoms with Crippen molar-refractivity contribution >= 4 is 34.8 Å². The third-order valence-electron chi connectivity index (χ3n) is 2.19. The largest absolute Gasteiger partial charge is 0.465 e. The Morgan fingerprint density at radius 2 is 2.11 bits per heavy atom. The van der Waals surface area contributed by atoms with E-state index in [2.05, 4.69) is 20.4 Å². The van der Waals surface area contributed by atoms with E-state index in [0.29, 0.717) is 16.4 Å². The number of methoxy groups -OCH3 is 1. The van der Waals surface area contributed by atoms with Crippen LogP contribution in [-0.2, 0) is 4.74 Å². The van der Waals surface area contributed by atoms with Crippen LogP contribution < -0.4 is 10.6 Å². The maximum atomic E-state index is 11.7. The van der Waals surface area contributed by atoms with E-state index >= 15 is 0 Å². The van der Waals surface area contributed by atoms with Crippen molar-refractivity contribution in [2.75, 3.05) is 17.7 Å². The van der Waals surface area contributed by atoms with E-state index < -0.39 is 12.0 Å². The predicted octanol–water partition coefficient (Wildman–Crippen LogP) is 2.57. The molecule has 0 bridgehead atoms. The summed E-state index contributed by atoms with van der Waals surface area (Å²) in [7, 11) is 1.29. The van der Waals surface area contributed by atoms with Crippen LogP contribution in [0.1, 0.15) is 9.67 Å². The van der Waals surface area contributed by atoms with Crippen LogP contribution in [0.15, 0.2) is 35.8 Å². The number of anilines is 2. The second-order valence-electron chi connectivity index (χ2n) is 3.45. The fraction of sp³-hybridized carbons (Fsp3) is 0.0833. The number of rotatable bonds is 3. The number of carbonyl (C=O) groups excluding carboxylic acids is 2. The second kappa shape index (κ2) is 5.96. The van der Waals surface area contributed by atoms with Gasteiger partial charge in [0.05, 0.1) is 12.8 Å².